The maximum absolute atomic E-state index is 13.2. The van der Waals surface area contributed by atoms with Crippen LogP contribution in [0.2, 0.25) is 5.02 Å². The first kappa shape index (κ1) is 24.0. The second-order valence-corrected chi connectivity index (χ2v) is 9.24. The molecule has 0 spiro atoms. The zero-order valence-corrected chi connectivity index (χ0v) is 21.0. The summed E-state index contributed by atoms with van der Waals surface area (Å²) in [4.78, 5) is 30.2. The molecule has 0 radical (unpaired) electrons. The molecule has 0 atom stereocenters. The van der Waals surface area contributed by atoms with E-state index in [-0.39, 0.29) is 17.2 Å². The lowest BCUT2D eigenvalue weighted by Gasteiger charge is -2.13. The molecule has 7 nitrogen and oxygen atoms in total. The number of carbonyl (C=O) groups excluding carboxylic acids is 1. The van der Waals surface area contributed by atoms with Crippen molar-refractivity contribution in [2.75, 3.05) is 12.9 Å². The predicted molar refractivity (Wildman–Crippen MR) is 140 cm³/mol. The third kappa shape index (κ3) is 5.49. The van der Waals surface area contributed by atoms with Gasteiger partial charge in [-0.2, -0.15) is 5.10 Å². The molecule has 0 saturated heterocycles. The van der Waals surface area contributed by atoms with E-state index in [2.05, 4.69) is 31.4 Å². The van der Waals surface area contributed by atoms with Crippen LogP contribution in [0.15, 0.2) is 86.3 Å². The number of hydrogen-bond acceptors (Lipinski definition) is 6. The lowest BCUT2D eigenvalue weighted by atomic mass is 10.2. The molecule has 0 bridgehead atoms. The Morgan fingerprint density at radius 2 is 1.97 bits per heavy atom. The predicted octanol–water partition coefficient (Wildman–Crippen LogP) is 5.05. The molecule has 1 aromatic heterocycles. The quantitative estimate of drug-likeness (QED) is 0.149. The number of fused-ring (bicyclic) bond motifs is 1. The monoisotopic (exact) mass is 556 g/mol. The van der Waals surface area contributed by atoms with Gasteiger partial charge >= 0.3 is 0 Å². The molecule has 0 aliphatic rings. The van der Waals surface area contributed by atoms with Crippen LogP contribution in [-0.4, -0.2) is 34.5 Å². The molecule has 0 aliphatic heterocycles. The van der Waals surface area contributed by atoms with Gasteiger partial charge in [-0.1, -0.05) is 35.5 Å². The normalized spacial score (nSPS) is 11.1. The van der Waals surface area contributed by atoms with Gasteiger partial charge in [-0.15, -0.1) is 0 Å². The maximum atomic E-state index is 13.2. The van der Waals surface area contributed by atoms with Crippen LogP contribution in [0.5, 0.6) is 5.75 Å². The number of para-hydroxylation sites is 1. The highest BCUT2D eigenvalue weighted by molar-refractivity contribution is 9.10. The molecular formula is C24H18BrClN4O3S. The summed E-state index contributed by atoms with van der Waals surface area (Å²) in [5.74, 6) is 0.383. The van der Waals surface area contributed by atoms with Crippen LogP contribution in [0, 0.1) is 0 Å². The van der Waals surface area contributed by atoms with Crippen LogP contribution >= 0.6 is 39.3 Å². The van der Waals surface area contributed by atoms with Crippen molar-refractivity contribution < 1.29 is 9.53 Å². The number of amides is 1. The molecule has 0 aliphatic carbocycles. The number of halogens is 2. The minimum Gasteiger partial charge on any atom is -0.496 e. The zero-order chi connectivity index (χ0) is 24.1. The second kappa shape index (κ2) is 10.9. The standard InChI is InChI=1S/C24H18BrClN4O3S/c1-33-21-11-6-15(12-19(21)25)13-27-29-22(31)14-34-24-28-20-5-3-2-4-18(20)23(32)30(24)17-9-7-16(26)8-10-17/h2-13H,14H2,1H3,(H,29,31)/b27-13-. The van der Waals surface area contributed by atoms with Crippen molar-refractivity contribution in [3.8, 4) is 11.4 Å². The molecule has 0 saturated carbocycles. The Bertz CT molecular complexity index is 1440. The highest BCUT2D eigenvalue weighted by Gasteiger charge is 2.14. The molecule has 3 aromatic carbocycles. The van der Waals surface area contributed by atoms with Crippen LogP contribution in [-0.2, 0) is 4.79 Å². The van der Waals surface area contributed by atoms with E-state index in [4.69, 9.17) is 16.3 Å². The number of methoxy groups -OCH3 is 1. The summed E-state index contributed by atoms with van der Waals surface area (Å²) >= 11 is 10.6. The van der Waals surface area contributed by atoms with E-state index >= 15 is 0 Å². The van der Waals surface area contributed by atoms with E-state index in [9.17, 15) is 9.59 Å². The van der Waals surface area contributed by atoms with Crippen molar-refractivity contribution in [1.29, 1.82) is 0 Å². The number of carbonyl (C=O) groups is 1. The molecule has 1 N–H and O–H groups in total. The fourth-order valence-corrected chi connectivity index (χ4v) is 4.62. The van der Waals surface area contributed by atoms with E-state index in [1.54, 1.807) is 55.6 Å². The molecule has 4 aromatic rings. The third-order valence-corrected chi connectivity index (χ3v) is 6.55. The fourth-order valence-electron chi connectivity index (χ4n) is 3.13. The molecule has 0 fully saturated rings. The number of rotatable bonds is 7. The van der Waals surface area contributed by atoms with E-state index in [1.807, 2.05) is 18.2 Å². The Morgan fingerprint density at radius 1 is 1.21 bits per heavy atom. The Balaban J connectivity index is 1.53. The molecule has 0 unspecified atom stereocenters. The van der Waals surface area contributed by atoms with E-state index in [0.717, 1.165) is 21.8 Å². The van der Waals surface area contributed by atoms with E-state index in [0.29, 0.717) is 32.5 Å². The van der Waals surface area contributed by atoms with Gasteiger partial charge in [0.15, 0.2) is 5.16 Å². The van der Waals surface area contributed by atoms with Gasteiger partial charge in [0, 0.05) is 5.02 Å². The van der Waals surface area contributed by atoms with Crippen molar-refractivity contribution in [3.63, 3.8) is 0 Å². The van der Waals surface area contributed by atoms with Crippen molar-refractivity contribution in [2.24, 2.45) is 5.10 Å². The summed E-state index contributed by atoms with van der Waals surface area (Å²) in [5.41, 5.74) is 4.23. The van der Waals surface area contributed by atoms with Crippen LogP contribution in [0.25, 0.3) is 16.6 Å². The van der Waals surface area contributed by atoms with Gasteiger partial charge in [0.2, 0.25) is 0 Å². The lowest BCUT2D eigenvalue weighted by molar-refractivity contribution is -0.118. The van der Waals surface area contributed by atoms with Crippen molar-refractivity contribution >= 4 is 62.3 Å². The van der Waals surface area contributed by atoms with Gasteiger partial charge in [0.05, 0.1) is 40.1 Å². The molecular weight excluding hydrogens is 540 g/mol. The summed E-state index contributed by atoms with van der Waals surface area (Å²) in [5, 5.41) is 5.44. The Labute approximate surface area is 212 Å². The summed E-state index contributed by atoms with van der Waals surface area (Å²) in [6.07, 6.45) is 1.53. The average Bonchev–Trinajstić information content (AvgIpc) is 2.84. The molecule has 1 heterocycles. The number of hydrazone groups is 1. The number of aromatic nitrogens is 2. The zero-order valence-electron chi connectivity index (χ0n) is 17.9. The van der Waals surface area contributed by atoms with Crippen LogP contribution in [0.1, 0.15) is 5.56 Å². The highest BCUT2D eigenvalue weighted by atomic mass is 79.9. The first-order chi connectivity index (χ1) is 16.5. The highest BCUT2D eigenvalue weighted by Crippen LogP contribution is 2.25. The topological polar surface area (TPSA) is 85.6 Å². The van der Waals surface area contributed by atoms with E-state index in [1.165, 1.54) is 10.8 Å². The van der Waals surface area contributed by atoms with Crippen LogP contribution in [0.3, 0.4) is 0 Å². The van der Waals surface area contributed by atoms with Crippen molar-refractivity contribution in [1.82, 2.24) is 15.0 Å². The van der Waals surface area contributed by atoms with Gasteiger partial charge in [-0.3, -0.25) is 14.2 Å². The van der Waals surface area contributed by atoms with Crippen LogP contribution in [0.4, 0.5) is 0 Å². The largest absolute Gasteiger partial charge is 0.496 e. The Kier molecular flexibility index (Phi) is 7.66. The lowest BCUT2D eigenvalue weighted by Crippen LogP contribution is -2.24. The Hall–Kier alpha value is -3.14. The number of benzene rings is 3. The summed E-state index contributed by atoms with van der Waals surface area (Å²) in [6.45, 7) is 0. The number of ether oxygens (including phenoxy) is 1. The summed E-state index contributed by atoms with van der Waals surface area (Å²) in [6, 6.07) is 19.4. The van der Waals surface area contributed by atoms with Gasteiger partial charge in [0.1, 0.15) is 5.75 Å². The number of nitrogens with one attached hydrogen (secondary N) is 1. The summed E-state index contributed by atoms with van der Waals surface area (Å²) in [7, 11) is 1.59. The minimum atomic E-state index is -0.334. The SMILES string of the molecule is COc1ccc(/C=N\NC(=O)CSc2nc3ccccc3c(=O)n2-c2ccc(Cl)cc2)cc1Br. The Morgan fingerprint density at radius 3 is 2.71 bits per heavy atom. The number of thioether (sulfide) groups is 1. The van der Waals surface area contributed by atoms with Gasteiger partial charge in [-0.05, 0) is 76.1 Å². The second-order valence-electron chi connectivity index (χ2n) is 7.00. The van der Waals surface area contributed by atoms with Crippen molar-refractivity contribution in [2.45, 2.75) is 5.16 Å². The average molecular weight is 558 g/mol. The fraction of sp³-hybridized carbons (Fsp3) is 0.0833. The molecule has 34 heavy (non-hydrogen) atoms. The van der Waals surface area contributed by atoms with Crippen LogP contribution < -0.4 is 15.7 Å². The maximum Gasteiger partial charge on any atom is 0.266 e. The smallest absolute Gasteiger partial charge is 0.266 e. The minimum absolute atomic E-state index is 0.0159. The van der Waals surface area contributed by atoms with Gasteiger partial charge < -0.3 is 4.74 Å². The molecule has 172 valence electrons. The number of hydrogen-bond donors (Lipinski definition) is 1. The molecule has 10 heteroatoms. The molecule has 4 rings (SSSR count). The first-order valence-corrected chi connectivity index (χ1v) is 12.2. The van der Waals surface area contributed by atoms with Crippen molar-refractivity contribution in [3.05, 3.63) is 92.1 Å². The summed E-state index contributed by atoms with van der Waals surface area (Å²) < 4.78 is 7.46. The van der Waals surface area contributed by atoms with E-state index < -0.39 is 0 Å². The van der Waals surface area contributed by atoms with Gasteiger partial charge in [-0.25, -0.2) is 10.4 Å². The van der Waals surface area contributed by atoms with Gasteiger partial charge in [0.25, 0.3) is 11.5 Å². The first-order valence-electron chi connectivity index (χ1n) is 10.0. The molecule has 1 amide bonds. The number of nitrogens with zero attached hydrogens (tertiary/aromatic N) is 3. The third-order valence-electron chi connectivity index (χ3n) is 4.74.